The van der Waals surface area contributed by atoms with E-state index < -0.39 is 5.60 Å². The largest absolute Gasteiger partial charge is 0.382 e. The van der Waals surface area contributed by atoms with Crippen molar-refractivity contribution in [3.63, 3.8) is 0 Å². The highest BCUT2D eigenvalue weighted by atomic mass is 35.5. The number of Topliss-reactive ketones (excluding diaryl/α,β-unsaturated/α-hetero) is 1. The Morgan fingerprint density at radius 3 is 2.26 bits per heavy atom. The van der Waals surface area contributed by atoms with Crippen LogP contribution >= 0.6 is 35.6 Å². The number of hydrogen-bond acceptors (Lipinski definition) is 4. The highest BCUT2D eigenvalue weighted by Gasteiger charge is 2.65. The number of carbonyl (C=O) groups is 2. The molecule has 2 fully saturated rings. The van der Waals surface area contributed by atoms with E-state index in [1.807, 2.05) is 13.1 Å². The van der Waals surface area contributed by atoms with Crippen LogP contribution in [0.5, 0.6) is 0 Å². The van der Waals surface area contributed by atoms with Gasteiger partial charge in [-0.25, -0.2) is 0 Å². The van der Waals surface area contributed by atoms with Crippen LogP contribution in [0.4, 0.5) is 0 Å². The van der Waals surface area contributed by atoms with Crippen LogP contribution in [-0.2, 0) is 9.59 Å². The number of fused-ring (bicyclic) bond motifs is 5. The predicted octanol–water partition coefficient (Wildman–Crippen LogP) is 5.82. The summed E-state index contributed by atoms with van der Waals surface area (Å²) in [6.45, 7) is 10.0. The Bertz CT molecular complexity index is 837. The molecule has 0 aromatic heterocycles. The Kier molecular flexibility index (Phi) is 9.95. The molecular formula is C27H42Cl3NO3. The van der Waals surface area contributed by atoms with Crippen LogP contribution in [-0.4, -0.2) is 59.1 Å². The van der Waals surface area contributed by atoms with Crippen molar-refractivity contribution in [3.05, 3.63) is 23.3 Å². The first-order valence-corrected chi connectivity index (χ1v) is 13.5. The molecule has 7 heteroatoms. The Morgan fingerprint density at radius 1 is 1.12 bits per heavy atom. The molecule has 0 unspecified atom stereocenters. The summed E-state index contributed by atoms with van der Waals surface area (Å²) in [4.78, 5) is 26.3. The monoisotopic (exact) mass is 533 g/mol. The van der Waals surface area contributed by atoms with Gasteiger partial charge in [0.2, 0.25) is 0 Å². The van der Waals surface area contributed by atoms with Crippen LogP contribution in [0.15, 0.2) is 23.3 Å². The average Bonchev–Trinajstić information content (AvgIpc) is 3.03. The van der Waals surface area contributed by atoms with Gasteiger partial charge in [-0.05, 0) is 87.8 Å². The van der Waals surface area contributed by atoms with Crippen molar-refractivity contribution < 1.29 is 14.7 Å². The van der Waals surface area contributed by atoms with Gasteiger partial charge < -0.3 is 10.0 Å². The second-order valence-corrected chi connectivity index (χ2v) is 11.9. The van der Waals surface area contributed by atoms with Gasteiger partial charge in [0, 0.05) is 36.7 Å². The van der Waals surface area contributed by atoms with Gasteiger partial charge in [-0.3, -0.25) is 9.59 Å². The first-order valence-electron chi connectivity index (χ1n) is 12.4. The lowest BCUT2D eigenvalue weighted by Crippen LogP contribution is -2.56. The fraction of sp³-hybridized carbons (Fsp3) is 0.778. The van der Waals surface area contributed by atoms with E-state index in [2.05, 4.69) is 31.7 Å². The quantitative estimate of drug-likeness (QED) is 0.451. The molecule has 4 rings (SSSR count). The summed E-state index contributed by atoms with van der Waals surface area (Å²) in [5.74, 6) is 2.84. The smallest absolute Gasteiger partial charge is 0.161 e. The zero-order valence-corrected chi connectivity index (χ0v) is 23.7. The molecule has 6 atom stereocenters. The SMILES string of the molecule is CC(=O)[C@@]1(O)CC[C@H]2[C@@H]3C=C(C)C4=CC(=O)CC[C@]4(C)[C@H]3CC[C@@]21C.CN(CCCl)CCCl.Cl. The van der Waals surface area contributed by atoms with E-state index in [1.165, 1.54) is 11.1 Å². The molecule has 4 aliphatic rings. The Labute approximate surface area is 221 Å². The minimum absolute atomic E-state index is 0. The molecule has 0 amide bonds. The molecule has 4 aliphatic carbocycles. The van der Waals surface area contributed by atoms with Crippen LogP contribution in [0.3, 0.4) is 0 Å². The number of halogens is 3. The van der Waals surface area contributed by atoms with Crippen molar-refractivity contribution in [3.8, 4) is 0 Å². The molecule has 0 spiro atoms. The van der Waals surface area contributed by atoms with Crippen LogP contribution in [0.1, 0.15) is 66.2 Å². The molecule has 0 aliphatic heterocycles. The predicted molar refractivity (Wildman–Crippen MR) is 143 cm³/mol. The van der Waals surface area contributed by atoms with Gasteiger partial charge in [0.05, 0.1) is 0 Å². The van der Waals surface area contributed by atoms with Gasteiger partial charge in [-0.15, -0.1) is 35.6 Å². The van der Waals surface area contributed by atoms with E-state index in [1.54, 1.807) is 6.92 Å². The first kappa shape index (κ1) is 29.8. The third-order valence-corrected chi connectivity index (χ3v) is 9.83. The number of aliphatic hydroxyl groups is 1. The summed E-state index contributed by atoms with van der Waals surface area (Å²) in [7, 11) is 2.00. The summed E-state index contributed by atoms with van der Waals surface area (Å²) in [6, 6.07) is 0. The van der Waals surface area contributed by atoms with Gasteiger partial charge in [0.25, 0.3) is 0 Å². The normalized spacial score (nSPS) is 38.4. The van der Waals surface area contributed by atoms with Gasteiger partial charge in [0.1, 0.15) is 5.60 Å². The van der Waals surface area contributed by atoms with Crippen molar-refractivity contribution in [1.29, 1.82) is 0 Å². The number of ketones is 2. The summed E-state index contributed by atoms with van der Waals surface area (Å²) in [5.41, 5.74) is 1.06. The standard InChI is InChI=1S/C22H30O3.C5H11Cl2N.ClH/c1-13-11-16-17(20(3)8-5-15(24)12-19(13)20)6-9-21(4)18(16)7-10-22(21,25)14(2)23;1-8(4-2-6)5-3-7;/h11-12,16-18,25H,5-10H2,1-4H3;2-5H2,1H3;1H/t16-,17+,18+,20-,21+,22+;;/m1../s1. The highest BCUT2D eigenvalue weighted by molar-refractivity contribution is 6.18. The number of hydrogen-bond donors (Lipinski definition) is 1. The maximum Gasteiger partial charge on any atom is 0.161 e. The summed E-state index contributed by atoms with van der Waals surface area (Å²) < 4.78 is 0. The van der Waals surface area contributed by atoms with Gasteiger partial charge >= 0.3 is 0 Å². The number of allylic oxidation sites excluding steroid dienone is 4. The highest BCUT2D eigenvalue weighted by Crippen LogP contribution is 2.67. The maximum atomic E-state index is 12.3. The number of nitrogens with zero attached hydrogens (tertiary/aromatic N) is 1. The zero-order chi connectivity index (χ0) is 24.6. The number of carbonyl (C=O) groups excluding carboxylic acids is 2. The Hall–Kier alpha value is -0.390. The van der Waals surface area contributed by atoms with E-state index in [0.717, 1.165) is 38.8 Å². The van der Waals surface area contributed by atoms with Crippen molar-refractivity contribution in [2.75, 3.05) is 31.9 Å². The minimum atomic E-state index is -1.16. The number of rotatable bonds is 5. The lowest BCUT2D eigenvalue weighted by Gasteiger charge is -2.57. The van der Waals surface area contributed by atoms with Gasteiger partial charge in [0.15, 0.2) is 11.6 Å². The van der Waals surface area contributed by atoms with Crippen LogP contribution in [0.2, 0.25) is 0 Å². The van der Waals surface area contributed by atoms with Gasteiger partial charge in [-0.1, -0.05) is 25.5 Å². The molecular weight excluding hydrogens is 493 g/mol. The summed E-state index contributed by atoms with van der Waals surface area (Å²) in [5, 5.41) is 11.2. The van der Waals surface area contributed by atoms with Crippen molar-refractivity contribution >= 4 is 47.2 Å². The molecule has 4 nitrogen and oxygen atoms in total. The van der Waals surface area contributed by atoms with Crippen LogP contribution < -0.4 is 0 Å². The topological polar surface area (TPSA) is 57.6 Å². The minimum Gasteiger partial charge on any atom is -0.382 e. The maximum absolute atomic E-state index is 12.3. The lowest BCUT2D eigenvalue weighted by atomic mass is 9.47. The van der Waals surface area contributed by atoms with E-state index in [9.17, 15) is 14.7 Å². The molecule has 1 N–H and O–H groups in total. The first-order chi connectivity index (χ1) is 15.4. The van der Waals surface area contributed by atoms with Crippen molar-refractivity contribution in [2.24, 2.45) is 28.6 Å². The lowest BCUT2D eigenvalue weighted by molar-refractivity contribution is -0.156. The van der Waals surface area contributed by atoms with Crippen LogP contribution in [0, 0.1) is 28.6 Å². The average molecular weight is 535 g/mol. The fourth-order valence-corrected chi connectivity index (χ4v) is 7.99. The number of alkyl halides is 2. The van der Waals surface area contributed by atoms with Crippen molar-refractivity contribution in [1.82, 2.24) is 4.90 Å². The zero-order valence-electron chi connectivity index (χ0n) is 21.3. The molecule has 0 aromatic rings. The summed E-state index contributed by atoms with van der Waals surface area (Å²) in [6.07, 6.45) is 9.28. The molecule has 0 aromatic carbocycles. The van der Waals surface area contributed by atoms with E-state index in [-0.39, 0.29) is 34.8 Å². The Balaban J connectivity index is 0.000000394. The van der Waals surface area contributed by atoms with E-state index >= 15 is 0 Å². The molecule has 0 bridgehead atoms. The van der Waals surface area contributed by atoms with E-state index in [0.29, 0.717) is 42.4 Å². The third kappa shape index (κ3) is 5.05. The second-order valence-electron chi connectivity index (χ2n) is 11.2. The van der Waals surface area contributed by atoms with E-state index in [4.69, 9.17) is 23.2 Å². The Morgan fingerprint density at radius 2 is 1.71 bits per heavy atom. The van der Waals surface area contributed by atoms with Gasteiger partial charge in [-0.2, -0.15) is 0 Å². The van der Waals surface area contributed by atoms with Crippen molar-refractivity contribution in [2.45, 2.75) is 71.8 Å². The molecule has 194 valence electrons. The fourth-order valence-electron chi connectivity index (χ4n) is 7.41. The third-order valence-electron chi connectivity index (χ3n) is 9.50. The molecule has 34 heavy (non-hydrogen) atoms. The second kappa shape index (κ2) is 11.3. The molecule has 0 radical (unpaired) electrons. The molecule has 0 heterocycles. The molecule has 0 saturated heterocycles. The van der Waals surface area contributed by atoms with Crippen LogP contribution in [0.25, 0.3) is 0 Å². The summed E-state index contributed by atoms with van der Waals surface area (Å²) >= 11 is 10.9. The molecule has 2 saturated carbocycles.